The number of carbonyl (C=O) groups is 2. The smallest absolute Gasteiger partial charge is 0.340 e. The van der Waals surface area contributed by atoms with Crippen LogP contribution in [0.1, 0.15) is 68.6 Å². The molecule has 1 saturated heterocycles. The molecule has 5 heterocycles. The Labute approximate surface area is 227 Å². The van der Waals surface area contributed by atoms with Crippen molar-refractivity contribution in [2.75, 3.05) is 18.4 Å². The van der Waals surface area contributed by atoms with E-state index in [0.29, 0.717) is 47.8 Å². The second kappa shape index (κ2) is 9.15. The van der Waals surface area contributed by atoms with Crippen molar-refractivity contribution >= 4 is 34.3 Å². The maximum Gasteiger partial charge on any atom is 0.340 e. The van der Waals surface area contributed by atoms with Gasteiger partial charge in [0.05, 0.1) is 29.7 Å². The van der Waals surface area contributed by atoms with Crippen molar-refractivity contribution in [3.05, 3.63) is 47.4 Å². The zero-order valence-electron chi connectivity index (χ0n) is 22.9. The second-order valence-corrected chi connectivity index (χ2v) is 11.8. The van der Waals surface area contributed by atoms with Crippen LogP contribution in [-0.2, 0) is 15.1 Å². The lowest BCUT2D eigenvalue weighted by Crippen LogP contribution is -2.56. The summed E-state index contributed by atoms with van der Waals surface area (Å²) in [5, 5.41) is 4.89. The number of rotatable bonds is 6. The number of anilines is 2. The lowest BCUT2D eigenvalue weighted by molar-refractivity contribution is -0.141. The predicted octanol–water partition coefficient (Wildman–Crippen LogP) is 3.87. The molecule has 1 amide bonds. The van der Waals surface area contributed by atoms with E-state index in [1.807, 2.05) is 38.7 Å². The molecule has 1 saturated carbocycles. The van der Waals surface area contributed by atoms with E-state index in [2.05, 4.69) is 22.2 Å². The Morgan fingerprint density at radius 2 is 1.87 bits per heavy atom. The Balaban J connectivity index is 1.26. The first-order chi connectivity index (χ1) is 18.5. The molecular weight excluding hydrogens is 496 g/mol. The van der Waals surface area contributed by atoms with Crippen LogP contribution in [0.15, 0.2) is 30.6 Å². The molecule has 3 N–H and O–H groups in total. The van der Waals surface area contributed by atoms with Gasteiger partial charge in [-0.05, 0) is 62.3 Å². The van der Waals surface area contributed by atoms with E-state index in [1.54, 1.807) is 24.5 Å². The van der Waals surface area contributed by atoms with Gasteiger partial charge in [0.1, 0.15) is 23.8 Å². The summed E-state index contributed by atoms with van der Waals surface area (Å²) in [6.07, 6.45) is 4.11. The van der Waals surface area contributed by atoms with Crippen LogP contribution in [0.3, 0.4) is 0 Å². The molecule has 0 spiro atoms. The average Bonchev–Trinajstić information content (AvgIpc) is 3.59. The summed E-state index contributed by atoms with van der Waals surface area (Å²) in [5.41, 5.74) is 7.90. The summed E-state index contributed by atoms with van der Waals surface area (Å²) in [6.45, 7) is 11.0. The first kappa shape index (κ1) is 25.5. The first-order valence-electron chi connectivity index (χ1n) is 13.5. The molecule has 39 heavy (non-hydrogen) atoms. The van der Waals surface area contributed by atoms with Gasteiger partial charge in [-0.1, -0.05) is 13.8 Å². The van der Waals surface area contributed by atoms with Crippen molar-refractivity contribution in [3.63, 3.8) is 0 Å². The fourth-order valence-electron chi connectivity index (χ4n) is 5.29. The number of likely N-dealkylation sites (tertiary alicyclic amines) is 1. The molecule has 3 aromatic heterocycles. The Morgan fingerprint density at radius 1 is 1.13 bits per heavy atom. The minimum absolute atomic E-state index is 0.0233. The molecule has 10 nitrogen and oxygen atoms in total. The van der Waals surface area contributed by atoms with E-state index in [-0.39, 0.29) is 35.9 Å². The van der Waals surface area contributed by atoms with Crippen LogP contribution >= 0.6 is 0 Å². The van der Waals surface area contributed by atoms with Crippen LogP contribution in [0, 0.1) is 11.8 Å². The average molecular weight is 531 g/mol. The summed E-state index contributed by atoms with van der Waals surface area (Å²) in [4.78, 5) is 40.5. The Kier molecular flexibility index (Phi) is 5.98. The fraction of sp³-hybridized carbons (Fsp3) is 0.483. The Bertz CT molecular complexity index is 1480. The molecule has 2 fully saturated rings. The summed E-state index contributed by atoms with van der Waals surface area (Å²) >= 11 is 0. The van der Waals surface area contributed by atoms with E-state index in [1.165, 1.54) is 0 Å². The largest absolute Gasteiger partial charge is 0.470 e. The first-order valence-corrected chi connectivity index (χ1v) is 13.5. The van der Waals surface area contributed by atoms with Gasteiger partial charge in [0.2, 0.25) is 11.8 Å². The summed E-state index contributed by atoms with van der Waals surface area (Å²) in [5.74, 6) is 2.16. The number of amides is 1. The van der Waals surface area contributed by atoms with Gasteiger partial charge in [0.15, 0.2) is 0 Å². The van der Waals surface area contributed by atoms with Crippen LogP contribution in [0.4, 0.5) is 11.6 Å². The Morgan fingerprint density at radius 3 is 2.56 bits per heavy atom. The lowest BCUT2D eigenvalue weighted by Gasteiger charge is -2.39. The molecule has 0 aromatic carbocycles. The van der Waals surface area contributed by atoms with Crippen molar-refractivity contribution < 1.29 is 19.1 Å². The highest BCUT2D eigenvalue weighted by Crippen LogP contribution is 2.40. The van der Waals surface area contributed by atoms with Gasteiger partial charge in [0, 0.05) is 29.8 Å². The molecule has 10 heteroatoms. The number of cyclic esters (lactones) is 1. The summed E-state index contributed by atoms with van der Waals surface area (Å²) in [7, 11) is 0. The molecular formula is C29H34N6O4. The molecule has 4 atom stereocenters. The number of aromatic nitrogens is 3. The molecule has 3 aromatic rings. The number of hydrogen-bond donors (Lipinski definition) is 2. The fourth-order valence-corrected chi connectivity index (χ4v) is 5.29. The van der Waals surface area contributed by atoms with Crippen molar-refractivity contribution in [1.82, 2.24) is 19.9 Å². The molecule has 204 valence electrons. The predicted molar refractivity (Wildman–Crippen MR) is 146 cm³/mol. The normalized spacial score (nSPS) is 24.6. The third-order valence-corrected chi connectivity index (χ3v) is 8.12. The number of hydrogen-bond acceptors (Lipinski definition) is 9. The van der Waals surface area contributed by atoms with Crippen molar-refractivity contribution in [2.24, 2.45) is 17.6 Å². The summed E-state index contributed by atoms with van der Waals surface area (Å²) in [6, 6.07) is 5.40. The van der Waals surface area contributed by atoms with E-state index in [4.69, 9.17) is 20.2 Å². The number of fused-ring (bicyclic) bond motifs is 2. The van der Waals surface area contributed by atoms with Crippen LogP contribution in [-0.4, -0.2) is 57.0 Å². The highest BCUT2D eigenvalue weighted by molar-refractivity contribution is 5.93. The SMILES string of the molecule is C[C@@H]1OC(=O)c2ccc(Nc3cc4c(C(C)(C)N)cnc(OC5CN(C(=O)[C@@H]6C[C@@H]6C)C5)c4cn3)nc2[C@H]1C. The number of nitrogens with one attached hydrogen (secondary N) is 1. The van der Waals surface area contributed by atoms with Crippen molar-refractivity contribution in [1.29, 1.82) is 0 Å². The number of ether oxygens (including phenoxy) is 2. The lowest BCUT2D eigenvalue weighted by atomic mass is 9.93. The molecule has 6 rings (SSSR count). The quantitative estimate of drug-likeness (QED) is 0.456. The zero-order chi connectivity index (χ0) is 27.6. The van der Waals surface area contributed by atoms with Gasteiger partial charge in [-0.3, -0.25) is 4.79 Å². The molecule has 0 radical (unpaired) electrons. The van der Waals surface area contributed by atoms with E-state index < -0.39 is 5.54 Å². The maximum atomic E-state index is 12.5. The Hall–Kier alpha value is -3.79. The maximum absolute atomic E-state index is 12.5. The van der Waals surface area contributed by atoms with Crippen molar-refractivity contribution in [3.8, 4) is 5.88 Å². The highest BCUT2D eigenvalue weighted by Gasteiger charge is 2.45. The highest BCUT2D eigenvalue weighted by atomic mass is 16.5. The number of carbonyl (C=O) groups excluding carboxylic acids is 2. The van der Waals surface area contributed by atoms with Crippen LogP contribution in [0.25, 0.3) is 10.8 Å². The second-order valence-electron chi connectivity index (χ2n) is 11.8. The van der Waals surface area contributed by atoms with Gasteiger partial charge < -0.3 is 25.4 Å². The number of pyridine rings is 3. The standard InChI is InChI=1S/C29H34N6O4/c1-14-8-19(14)27(36)35-12-17(13-35)39-26-21-10-31-24(9-20(21)22(11-32-26)29(4,5)30)33-23-7-6-18-25(34-23)15(2)16(3)38-28(18)37/h6-7,9-11,14-17,19H,8,12-13,30H2,1-5H3,(H,31,33,34)/t14-,15-,16-,19+/m0/s1. The van der Waals surface area contributed by atoms with E-state index in [0.717, 1.165) is 22.8 Å². The van der Waals surface area contributed by atoms with Gasteiger partial charge in [-0.25, -0.2) is 19.7 Å². The molecule has 2 aliphatic heterocycles. The third kappa shape index (κ3) is 4.67. The van der Waals surface area contributed by atoms with E-state index in [9.17, 15) is 9.59 Å². The van der Waals surface area contributed by atoms with Crippen LogP contribution in [0.2, 0.25) is 0 Å². The van der Waals surface area contributed by atoms with Crippen molar-refractivity contribution in [2.45, 2.75) is 64.7 Å². The topological polar surface area (TPSA) is 133 Å². The minimum Gasteiger partial charge on any atom is -0.470 e. The summed E-state index contributed by atoms with van der Waals surface area (Å²) < 4.78 is 11.6. The van der Waals surface area contributed by atoms with Gasteiger partial charge in [-0.2, -0.15) is 0 Å². The number of esters is 1. The molecule has 0 unspecified atom stereocenters. The number of nitrogens with two attached hydrogens (primary N) is 1. The minimum atomic E-state index is -0.654. The molecule has 3 aliphatic rings. The molecule has 1 aliphatic carbocycles. The van der Waals surface area contributed by atoms with Crippen LogP contribution < -0.4 is 15.8 Å². The van der Waals surface area contributed by atoms with E-state index >= 15 is 0 Å². The third-order valence-electron chi connectivity index (χ3n) is 8.12. The number of nitrogens with zero attached hydrogens (tertiary/aromatic N) is 4. The zero-order valence-corrected chi connectivity index (χ0v) is 22.9. The molecule has 0 bridgehead atoms. The van der Waals surface area contributed by atoms with Crippen LogP contribution in [0.5, 0.6) is 5.88 Å². The monoisotopic (exact) mass is 530 g/mol. The van der Waals surface area contributed by atoms with Gasteiger partial charge in [-0.15, -0.1) is 0 Å². The van der Waals surface area contributed by atoms with Gasteiger partial charge in [0.25, 0.3) is 0 Å². The van der Waals surface area contributed by atoms with Gasteiger partial charge >= 0.3 is 5.97 Å².